The van der Waals surface area contributed by atoms with Crippen LogP contribution in [-0.4, -0.2) is 26.1 Å². The minimum atomic E-state index is -3.29. The largest absolute Gasteiger partial charge is 0.618 e. The van der Waals surface area contributed by atoms with Crippen LogP contribution >= 0.6 is 23.2 Å². The lowest BCUT2D eigenvalue weighted by atomic mass is 10.1. The van der Waals surface area contributed by atoms with Crippen molar-refractivity contribution >= 4 is 38.9 Å². The molecule has 130 valence electrons. The lowest BCUT2D eigenvalue weighted by Crippen LogP contribution is -2.43. The van der Waals surface area contributed by atoms with Gasteiger partial charge in [0.2, 0.25) is 0 Å². The highest BCUT2D eigenvalue weighted by Crippen LogP contribution is 2.28. The Labute approximate surface area is 154 Å². The van der Waals surface area contributed by atoms with Gasteiger partial charge in [0.25, 0.3) is 5.69 Å². The molecule has 1 amide bonds. The standard InChI is InChI=1S/C16H12Cl2N2O4S/c17-13-3-1-10(7-14(13)18)11-2-4-15(20(22)8-11)16(21)19-12-5-6-25(23,24)9-12/h1-8,12H,9H2,(H,19,21)/t12-/m1/s1. The molecule has 6 nitrogen and oxygen atoms in total. The quantitative estimate of drug-likeness (QED) is 0.634. The lowest BCUT2D eigenvalue weighted by Gasteiger charge is -2.11. The first-order chi connectivity index (χ1) is 11.7. The Balaban J connectivity index is 1.81. The molecule has 9 heteroatoms. The van der Waals surface area contributed by atoms with Gasteiger partial charge in [-0.3, -0.25) is 4.79 Å². The van der Waals surface area contributed by atoms with Gasteiger partial charge in [-0.1, -0.05) is 29.3 Å². The molecule has 0 aliphatic carbocycles. The van der Waals surface area contributed by atoms with Crippen LogP contribution in [-0.2, 0) is 9.84 Å². The average molecular weight is 399 g/mol. The molecule has 1 atom stereocenters. The molecule has 0 unspecified atom stereocenters. The number of sulfone groups is 1. The molecule has 0 bridgehead atoms. The van der Waals surface area contributed by atoms with E-state index in [1.807, 2.05) is 0 Å². The first-order valence-corrected chi connectivity index (χ1v) is 9.63. The fraction of sp³-hybridized carbons (Fsp3) is 0.125. The minimum Gasteiger partial charge on any atom is -0.618 e. The molecular weight excluding hydrogens is 387 g/mol. The van der Waals surface area contributed by atoms with Crippen molar-refractivity contribution < 1.29 is 17.9 Å². The Morgan fingerprint density at radius 2 is 1.88 bits per heavy atom. The van der Waals surface area contributed by atoms with Crippen LogP contribution in [0, 0.1) is 5.21 Å². The van der Waals surface area contributed by atoms with E-state index in [2.05, 4.69) is 5.32 Å². The molecule has 0 radical (unpaired) electrons. The van der Waals surface area contributed by atoms with Gasteiger partial charge in [-0.05, 0) is 29.8 Å². The zero-order valence-corrected chi connectivity index (χ0v) is 15.0. The predicted molar refractivity (Wildman–Crippen MR) is 95.0 cm³/mol. The number of pyridine rings is 1. The molecule has 1 N–H and O–H groups in total. The number of benzene rings is 1. The summed E-state index contributed by atoms with van der Waals surface area (Å²) in [5, 5.41) is 16.5. The molecule has 1 aromatic heterocycles. The number of rotatable bonds is 3. The summed E-state index contributed by atoms with van der Waals surface area (Å²) < 4.78 is 23.1. The molecule has 0 saturated heterocycles. The van der Waals surface area contributed by atoms with Crippen LogP contribution in [0.2, 0.25) is 10.0 Å². The van der Waals surface area contributed by atoms with Crippen LogP contribution < -0.4 is 10.0 Å². The maximum Gasteiger partial charge on any atom is 0.317 e. The van der Waals surface area contributed by atoms with Crippen LogP contribution in [0.15, 0.2) is 48.0 Å². The summed E-state index contributed by atoms with van der Waals surface area (Å²) in [6.45, 7) is 0. The molecule has 0 fully saturated rings. The number of hydrogen-bond acceptors (Lipinski definition) is 4. The van der Waals surface area contributed by atoms with Gasteiger partial charge in [0.15, 0.2) is 16.0 Å². The maximum atomic E-state index is 12.2. The summed E-state index contributed by atoms with van der Waals surface area (Å²) in [6, 6.07) is 7.26. The van der Waals surface area contributed by atoms with E-state index in [4.69, 9.17) is 23.2 Å². The van der Waals surface area contributed by atoms with Gasteiger partial charge in [-0.25, -0.2) is 8.42 Å². The van der Waals surface area contributed by atoms with E-state index in [0.29, 0.717) is 25.9 Å². The Morgan fingerprint density at radius 1 is 1.16 bits per heavy atom. The molecule has 3 rings (SSSR count). The van der Waals surface area contributed by atoms with Crippen molar-refractivity contribution in [3.63, 3.8) is 0 Å². The molecule has 2 heterocycles. The fourth-order valence-electron chi connectivity index (χ4n) is 2.41. The van der Waals surface area contributed by atoms with Crippen LogP contribution in [0.1, 0.15) is 10.5 Å². The van der Waals surface area contributed by atoms with E-state index in [1.165, 1.54) is 18.3 Å². The van der Waals surface area contributed by atoms with E-state index < -0.39 is 21.8 Å². The highest BCUT2D eigenvalue weighted by molar-refractivity contribution is 7.94. The predicted octanol–water partition coefficient (Wildman–Crippen LogP) is 2.33. The summed E-state index contributed by atoms with van der Waals surface area (Å²) in [7, 11) is -3.29. The van der Waals surface area contributed by atoms with Gasteiger partial charge >= 0.3 is 5.91 Å². The van der Waals surface area contributed by atoms with Gasteiger partial charge in [0.05, 0.1) is 21.8 Å². The summed E-state index contributed by atoms with van der Waals surface area (Å²) in [5.74, 6) is -0.860. The van der Waals surface area contributed by atoms with Gasteiger partial charge in [-0.2, -0.15) is 4.73 Å². The number of amides is 1. The van der Waals surface area contributed by atoms with Crippen LogP contribution in [0.25, 0.3) is 11.1 Å². The molecule has 0 saturated carbocycles. The summed E-state index contributed by atoms with van der Waals surface area (Å²) >= 11 is 11.8. The van der Waals surface area contributed by atoms with E-state index >= 15 is 0 Å². The van der Waals surface area contributed by atoms with Gasteiger partial charge in [0.1, 0.15) is 0 Å². The number of carbonyl (C=O) groups excluding carboxylic acids is 1. The smallest absolute Gasteiger partial charge is 0.317 e. The third kappa shape index (κ3) is 3.95. The normalized spacial score (nSPS) is 18.2. The highest BCUT2D eigenvalue weighted by Gasteiger charge is 2.26. The Morgan fingerprint density at radius 3 is 2.48 bits per heavy atom. The van der Waals surface area contributed by atoms with Crippen molar-refractivity contribution in [2.24, 2.45) is 0 Å². The first-order valence-electron chi connectivity index (χ1n) is 7.16. The lowest BCUT2D eigenvalue weighted by molar-refractivity contribution is -0.607. The summed E-state index contributed by atoms with van der Waals surface area (Å²) in [5.41, 5.74) is 1.10. The molecule has 1 aromatic carbocycles. The fourth-order valence-corrected chi connectivity index (χ4v) is 3.94. The van der Waals surface area contributed by atoms with Crippen molar-refractivity contribution in [3.8, 4) is 11.1 Å². The number of hydrogen-bond donors (Lipinski definition) is 1. The highest BCUT2D eigenvalue weighted by atomic mass is 35.5. The van der Waals surface area contributed by atoms with E-state index in [1.54, 1.807) is 24.3 Å². The number of halogens is 2. The van der Waals surface area contributed by atoms with Gasteiger partial charge in [-0.15, -0.1) is 0 Å². The molecular formula is C16H12Cl2N2O4S. The van der Waals surface area contributed by atoms with Crippen molar-refractivity contribution in [2.75, 3.05) is 5.75 Å². The van der Waals surface area contributed by atoms with Gasteiger partial charge < -0.3 is 10.5 Å². The van der Waals surface area contributed by atoms with Crippen molar-refractivity contribution in [3.05, 3.63) is 69.0 Å². The minimum absolute atomic E-state index is 0.137. The summed E-state index contributed by atoms with van der Waals surface area (Å²) in [4.78, 5) is 12.2. The van der Waals surface area contributed by atoms with Crippen LogP contribution in [0.4, 0.5) is 0 Å². The number of aromatic nitrogens is 1. The number of nitrogens with one attached hydrogen (secondary N) is 1. The SMILES string of the molecule is O=C(N[C@@H]1C=CS(=O)(=O)C1)c1ccc(-c2ccc(Cl)c(Cl)c2)c[n+]1[O-]. The zero-order valence-electron chi connectivity index (χ0n) is 12.6. The van der Waals surface area contributed by atoms with Crippen LogP contribution in [0.5, 0.6) is 0 Å². The monoisotopic (exact) mass is 398 g/mol. The third-order valence-corrected chi connectivity index (χ3v) is 5.78. The van der Waals surface area contributed by atoms with E-state index in [9.17, 15) is 18.4 Å². The third-order valence-electron chi connectivity index (χ3n) is 3.65. The zero-order chi connectivity index (χ0) is 18.2. The topological polar surface area (TPSA) is 90.2 Å². The van der Waals surface area contributed by atoms with Crippen molar-refractivity contribution in [1.82, 2.24) is 5.32 Å². The van der Waals surface area contributed by atoms with Gasteiger partial charge in [0, 0.05) is 17.0 Å². The second-order valence-electron chi connectivity index (χ2n) is 5.50. The van der Waals surface area contributed by atoms with Crippen molar-refractivity contribution in [1.29, 1.82) is 0 Å². The first kappa shape index (κ1) is 17.7. The molecule has 1 aliphatic heterocycles. The molecule has 1 aliphatic rings. The second kappa shape index (κ2) is 6.67. The van der Waals surface area contributed by atoms with Crippen molar-refractivity contribution in [2.45, 2.75) is 6.04 Å². The van der Waals surface area contributed by atoms with E-state index in [-0.39, 0.29) is 11.4 Å². The second-order valence-corrected chi connectivity index (χ2v) is 8.24. The average Bonchev–Trinajstić information content (AvgIpc) is 2.88. The maximum absolute atomic E-state index is 12.2. The van der Waals surface area contributed by atoms with Crippen LogP contribution in [0.3, 0.4) is 0 Å². The Hall–Kier alpha value is -2.09. The van der Waals surface area contributed by atoms with E-state index in [0.717, 1.165) is 5.41 Å². The Bertz CT molecular complexity index is 990. The number of carbonyl (C=O) groups is 1. The Kier molecular flexibility index (Phi) is 4.73. The summed E-state index contributed by atoms with van der Waals surface area (Å²) in [6.07, 6.45) is 2.63. The molecule has 2 aromatic rings. The number of nitrogens with zero attached hydrogens (tertiary/aromatic N) is 1. The molecule has 0 spiro atoms. The molecule has 25 heavy (non-hydrogen) atoms.